The minimum atomic E-state index is -0.807. The monoisotopic (exact) mass is 1270 g/mol. The Morgan fingerprint density at radius 3 is 1.34 bits per heavy atom. The highest BCUT2D eigenvalue weighted by Crippen LogP contribution is 2.32. The number of nitrogens with one attached hydrogen (secondary N) is 2. The first-order valence-corrected chi connectivity index (χ1v) is 32.1. The van der Waals surface area contributed by atoms with E-state index in [2.05, 4.69) is 126 Å². The van der Waals surface area contributed by atoms with Crippen LogP contribution in [0.5, 0.6) is 5.88 Å². The number of hydrogen-bond donors (Lipinski definition) is 3. The Morgan fingerprint density at radius 1 is 0.544 bits per heavy atom. The van der Waals surface area contributed by atoms with Gasteiger partial charge in [-0.25, -0.2) is 19.2 Å². The van der Waals surface area contributed by atoms with Crippen molar-refractivity contribution >= 4 is 86.6 Å². The fourth-order valence-corrected chi connectivity index (χ4v) is 11.7. The van der Waals surface area contributed by atoms with Crippen molar-refractivity contribution < 1.29 is 37.4 Å². The summed E-state index contributed by atoms with van der Waals surface area (Å²) in [5.41, 5.74) is 1.92. The van der Waals surface area contributed by atoms with Gasteiger partial charge in [0.25, 0.3) is 11.1 Å². The molecule has 1 fully saturated rings. The van der Waals surface area contributed by atoms with Crippen molar-refractivity contribution in [2.75, 3.05) is 32.8 Å². The summed E-state index contributed by atoms with van der Waals surface area (Å²) < 4.78 is 30.3. The Morgan fingerprint density at radius 2 is 0.956 bits per heavy atom. The van der Waals surface area contributed by atoms with Gasteiger partial charge >= 0.3 is 22.8 Å². The first-order valence-electron chi connectivity index (χ1n) is 28.3. The predicted molar refractivity (Wildman–Crippen MR) is 358 cm³/mol. The Bertz CT molecular complexity index is 4240. The van der Waals surface area contributed by atoms with E-state index in [1.807, 2.05) is 80.8 Å². The van der Waals surface area contributed by atoms with Crippen LogP contribution in [0.4, 0.5) is 0 Å². The molecule has 19 nitrogen and oxygen atoms in total. The molecular weight excluding hydrogens is 1200 g/mol. The number of fused-ring (bicyclic) bond motifs is 3. The van der Waals surface area contributed by atoms with Crippen LogP contribution in [0.25, 0.3) is 33.3 Å². The maximum Gasteiger partial charge on any atom is 0.374 e. The molecule has 11 aromatic rings. The predicted octanol–water partition coefficient (Wildman–Crippen LogP) is 10.9. The number of carbonyl (C=O) groups is 1. The Hall–Kier alpha value is -9.11. The quantitative estimate of drug-likeness (QED) is 0.0419. The van der Waals surface area contributed by atoms with Crippen molar-refractivity contribution in [1.29, 1.82) is 0 Å². The van der Waals surface area contributed by atoms with Crippen molar-refractivity contribution in [1.82, 2.24) is 29.9 Å². The van der Waals surface area contributed by atoms with Crippen LogP contribution in [0.1, 0.15) is 79.5 Å². The molecule has 3 N–H and O–H groups in total. The maximum atomic E-state index is 11.8. The molecule has 0 saturated carbocycles. The van der Waals surface area contributed by atoms with Gasteiger partial charge in [-0.2, -0.15) is 19.9 Å². The summed E-state index contributed by atoms with van der Waals surface area (Å²) in [7, 11) is 0.712. The number of benzene rings is 5. The van der Waals surface area contributed by atoms with Crippen LogP contribution >= 0.6 is 31.4 Å². The van der Waals surface area contributed by atoms with Crippen LogP contribution in [0.15, 0.2) is 217 Å². The van der Waals surface area contributed by atoms with Crippen molar-refractivity contribution in [2.24, 2.45) is 0 Å². The van der Waals surface area contributed by atoms with Gasteiger partial charge in [-0.1, -0.05) is 203 Å². The number of esters is 1. The highest BCUT2D eigenvalue weighted by molar-refractivity contribution is 7.98. The highest BCUT2D eigenvalue weighted by atomic mass is 32.2. The van der Waals surface area contributed by atoms with E-state index in [4.69, 9.17) is 27.8 Å². The second-order valence-electron chi connectivity index (χ2n) is 18.9. The number of nitrogens with zero attached hydrogens (tertiary/aromatic N) is 4. The van der Waals surface area contributed by atoms with Crippen molar-refractivity contribution in [2.45, 2.75) is 83.8 Å². The summed E-state index contributed by atoms with van der Waals surface area (Å²) in [6, 6.07) is 55.7. The first-order chi connectivity index (χ1) is 43.3. The summed E-state index contributed by atoms with van der Waals surface area (Å²) in [4.78, 5) is 90.6. The number of aliphatic hydroxyl groups is 1. The second-order valence-corrected chi connectivity index (χ2v) is 22.7. The number of methoxy groups -OCH3 is 1. The Balaban J connectivity index is 0.000000179. The Kier molecular flexibility index (Phi) is 28.3. The molecule has 0 aliphatic carbocycles. The van der Waals surface area contributed by atoms with E-state index in [1.54, 1.807) is 13.2 Å². The number of aromatic nitrogens is 6. The maximum absolute atomic E-state index is 11.8. The molecule has 0 radical (unpaired) electrons. The number of aliphatic hydroxyl groups excluding tert-OH is 1. The third-order valence-electron chi connectivity index (χ3n) is 13.0. The lowest BCUT2D eigenvalue weighted by molar-refractivity contribution is 0.0586. The summed E-state index contributed by atoms with van der Waals surface area (Å²) in [5.74, 6) is -0.659. The minimum absolute atomic E-state index is 0. The molecule has 0 spiro atoms. The van der Waals surface area contributed by atoms with Crippen LogP contribution in [0.2, 0.25) is 0 Å². The van der Waals surface area contributed by atoms with Gasteiger partial charge < -0.3 is 42.5 Å². The van der Waals surface area contributed by atoms with Gasteiger partial charge in [-0.3, -0.25) is 9.59 Å². The van der Waals surface area contributed by atoms with E-state index in [-0.39, 0.29) is 47.9 Å². The molecule has 0 unspecified atom stereocenters. The average molecular weight is 1280 g/mol. The number of carbonyl (C=O) groups excluding carboxylic acids is 1. The first kappa shape index (κ1) is 70.0. The zero-order valence-corrected chi connectivity index (χ0v) is 52.5. The van der Waals surface area contributed by atoms with Crippen LogP contribution in [-0.4, -0.2) is 73.8 Å². The summed E-state index contributed by atoms with van der Waals surface area (Å²) in [6.07, 6.45) is 7.94. The van der Waals surface area contributed by atoms with Crippen molar-refractivity contribution in [3.63, 3.8) is 0 Å². The third kappa shape index (κ3) is 19.9. The third-order valence-corrected chi connectivity index (χ3v) is 16.6. The summed E-state index contributed by atoms with van der Waals surface area (Å²) in [6.45, 7) is 8.17. The molecule has 1 aliphatic heterocycles. The van der Waals surface area contributed by atoms with Gasteiger partial charge in [0.15, 0.2) is 10.3 Å². The second kappa shape index (κ2) is 36.4. The molecule has 468 valence electrons. The van der Waals surface area contributed by atoms with Gasteiger partial charge in [-0.05, 0) is 96.3 Å². The lowest BCUT2D eigenvalue weighted by Gasteiger charge is -2.18. The fraction of sp³-hybridized carbons (Fsp3) is 0.235. The SMILES string of the molecule is C.C1CCOC1.CCc1cc(=O)oc2nc(C(=O)OC)[nH]c(=O)c12.CCc1cc(=O)oc2nc(SC)[nH]c(=O)c12.CCc1cc(=O)oc2nc(SC)nc(OCc3ccccc3)c12.OCc1ccccc1.c1ccc(P(c2ccccc2)c2ccccc2)cc1. The lowest BCUT2D eigenvalue weighted by Crippen LogP contribution is -2.20. The smallest absolute Gasteiger partial charge is 0.374 e. The minimum Gasteiger partial charge on any atom is -0.472 e. The zero-order valence-electron chi connectivity index (χ0n) is 49.9. The molecule has 7 heterocycles. The van der Waals surface area contributed by atoms with Crippen LogP contribution in [-0.2, 0) is 41.9 Å². The lowest BCUT2D eigenvalue weighted by atomic mass is 10.1. The normalized spacial score (nSPS) is 11.2. The van der Waals surface area contributed by atoms with E-state index in [0.717, 1.165) is 37.0 Å². The van der Waals surface area contributed by atoms with Crippen LogP contribution in [0, 0.1) is 0 Å². The van der Waals surface area contributed by atoms with E-state index in [9.17, 15) is 28.8 Å². The van der Waals surface area contributed by atoms with Crippen LogP contribution < -0.4 is 48.6 Å². The fourth-order valence-electron chi connectivity index (χ4n) is 8.69. The Labute approximate surface area is 529 Å². The summed E-state index contributed by atoms with van der Waals surface area (Å²) >= 11 is 2.66. The molecule has 12 rings (SSSR count). The molecular formula is C68H71N6O13PS2. The van der Waals surface area contributed by atoms with Gasteiger partial charge in [0.1, 0.15) is 22.8 Å². The van der Waals surface area contributed by atoms with E-state index < -0.39 is 36.3 Å². The standard InChI is InChI=1S/C18H15P.C17H16N2O3S.C11H10N2O5.C10H10N2O3S.C7H8O.C4H8O.CH4/c1-4-10-16(11-5-1)19(17-12-6-2-7-13-17)18-14-8-3-9-15-18;1-3-12-9-13(20)22-16-14(12)15(18-17(19-16)23-2)21-10-11-7-5-4-6-8-11;1-3-5-4-6(14)18-10-7(5)9(15)12-8(13-10)11(16)17-2;1-3-5-4-6(13)15-9-7(5)8(14)11-10(12-9)16-2;8-6-7-4-2-1-3-5-7;1-2-4-5-3-1;/h1-15H;4-9H,3,10H2,1-2H3;4H,3H2,1-2H3,(H,12,13,15);4H,3H2,1-2H3,(H,11,12,14);1-5,8H,6H2;1-4H2;1H4. The molecule has 22 heteroatoms. The molecule has 1 saturated heterocycles. The highest BCUT2D eigenvalue weighted by Gasteiger charge is 2.19. The number of thioether (sulfide) groups is 2. The number of H-pyrrole nitrogens is 2. The van der Waals surface area contributed by atoms with Gasteiger partial charge in [0, 0.05) is 31.4 Å². The van der Waals surface area contributed by atoms with E-state index >= 15 is 0 Å². The number of aromatic amines is 2. The van der Waals surface area contributed by atoms with Gasteiger partial charge in [-0.15, -0.1) is 0 Å². The largest absolute Gasteiger partial charge is 0.472 e. The molecule has 0 bridgehead atoms. The van der Waals surface area contributed by atoms with E-state index in [0.29, 0.717) is 64.0 Å². The van der Waals surface area contributed by atoms with Crippen molar-refractivity contribution in [3.05, 3.63) is 255 Å². The average Bonchev–Trinajstić information content (AvgIpc) is 1.55. The van der Waals surface area contributed by atoms with Gasteiger partial charge in [0.2, 0.25) is 28.8 Å². The number of hydrogen-bond acceptors (Lipinski definition) is 19. The number of ether oxygens (including phenoxy) is 3. The zero-order chi connectivity index (χ0) is 63.5. The van der Waals surface area contributed by atoms with Crippen LogP contribution in [0.3, 0.4) is 0 Å². The topological polar surface area (TPSA) is 273 Å². The summed E-state index contributed by atoms with van der Waals surface area (Å²) in [5, 5.41) is 14.9. The molecule has 90 heavy (non-hydrogen) atoms. The van der Waals surface area contributed by atoms with E-state index in [1.165, 1.54) is 70.5 Å². The van der Waals surface area contributed by atoms with Crippen molar-refractivity contribution in [3.8, 4) is 5.88 Å². The molecule has 0 amide bonds. The van der Waals surface area contributed by atoms with Gasteiger partial charge in [0.05, 0.1) is 13.7 Å². The molecule has 6 aromatic heterocycles. The number of rotatable bonds is 13. The molecule has 5 aromatic carbocycles. The molecule has 0 atom stereocenters. The number of aryl methyl sites for hydroxylation is 3. The molecule has 1 aliphatic rings.